The van der Waals surface area contributed by atoms with Crippen LogP contribution in [0.4, 0.5) is 0 Å². The van der Waals surface area contributed by atoms with E-state index in [1.54, 1.807) is 6.20 Å². The predicted octanol–water partition coefficient (Wildman–Crippen LogP) is 4.12. The maximum Gasteiger partial charge on any atom is 0.227 e. The maximum absolute atomic E-state index is 12.2. The molecule has 1 saturated carbocycles. The summed E-state index contributed by atoms with van der Waals surface area (Å²) in [6.07, 6.45) is 8.45. The van der Waals surface area contributed by atoms with Gasteiger partial charge in [0.25, 0.3) is 0 Å². The van der Waals surface area contributed by atoms with Crippen molar-refractivity contribution in [1.82, 2.24) is 5.32 Å². The first-order valence-electron chi connectivity index (χ1n) is 7.41. The van der Waals surface area contributed by atoms with Crippen molar-refractivity contribution in [2.75, 3.05) is 0 Å². The van der Waals surface area contributed by atoms with E-state index in [2.05, 4.69) is 33.0 Å². The molecule has 0 heterocycles. The van der Waals surface area contributed by atoms with Gasteiger partial charge in [-0.3, -0.25) is 4.79 Å². The lowest BCUT2D eigenvalue weighted by atomic mass is 9.53. The van der Waals surface area contributed by atoms with Crippen molar-refractivity contribution in [3.63, 3.8) is 0 Å². The lowest BCUT2D eigenvalue weighted by Crippen LogP contribution is -2.51. The molecule has 0 aliphatic heterocycles. The molecule has 0 spiro atoms. The molecule has 1 rings (SSSR count). The molecule has 4 atom stereocenters. The standard InChI is InChI=1S/C16H29NO/c1-6-9-16(5,8-3)13-11-12(4)14(13)15(18)17-10-7-2/h7,10,12-14H,6,8-9,11H2,1-5H3,(H,17,18)/b10-7-. The molecule has 0 saturated heterocycles. The predicted molar refractivity (Wildman–Crippen MR) is 77.0 cm³/mol. The van der Waals surface area contributed by atoms with Gasteiger partial charge in [0.2, 0.25) is 5.91 Å². The number of carbonyl (C=O) groups is 1. The summed E-state index contributed by atoms with van der Waals surface area (Å²) in [5.41, 5.74) is 0.333. The number of hydrogen-bond acceptors (Lipinski definition) is 1. The van der Waals surface area contributed by atoms with Gasteiger partial charge in [0.15, 0.2) is 0 Å². The third kappa shape index (κ3) is 2.96. The van der Waals surface area contributed by atoms with Crippen molar-refractivity contribution in [2.24, 2.45) is 23.2 Å². The molecule has 1 N–H and O–H groups in total. The fourth-order valence-corrected chi connectivity index (χ4v) is 3.51. The molecular formula is C16H29NO. The first-order valence-corrected chi connectivity index (χ1v) is 7.41. The zero-order valence-corrected chi connectivity index (χ0v) is 12.6. The Bertz CT molecular complexity index is 310. The van der Waals surface area contributed by atoms with Gasteiger partial charge in [-0.05, 0) is 43.2 Å². The average Bonchev–Trinajstić information content (AvgIpc) is 2.33. The largest absolute Gasteiger partial charge is 0.333 e. The molecule has 1 aliphatic carbocycles. The van der Waals surface area contributed by atoms with Crippen molar-refractivity contribution >= 4 is 5.91 Å². The Labute approximate surface area is 112 Å². The quantitative estimate of drug-likeness (QED) is 0.755. The smallest absolute Gasteiger partial charge is 0.227 e. The van der Waals surface area contributed by atoms with Crippen molar-refractivity contribution in [2.45, 2.75) is 60.3 Å². The van der Waals surface area contributed by atoms with E-state index >= 15 is 0 Å². The summed E-state index contributed by atoms with van der Waals surface area (Å²) in [4.78, 5) is 12.2. The van der Waals surface area contributed by atoms with Gasteiger partial charge in [0.1, 0.15) is 0 Å². The van der Waals surface area contributed by atoms with Crippen LogP contribution >= 0.6 is 0 Å². The molecule has 4 unspecified atom stereocenters. The zero-order valence-electron chi connectivity index (χ0n) is 12.6. The highest BCUT2D eigenvalue weighted by molar-refractivity contribution is 5.81. The Kier molecular flexibility index (Phi) is 5.43. The van der Waals surface area contributed by atoms with Crippen LogP contribution in [0.3, 0.4) is 0 Å². The van der Waals surface area contributed by atoms with Gasteiger partial charge in [-0.25, -0.2) is 0 Å². The lowest BCUT2D eigenvalue weighted by Gasteiger charge is -2.51. The van der Waals surface area contributed by atoms with Gasteiger partial charge >= 0.3 is 0 Å². The van der Waals surface area contributed by atoms with E-state index in [-0.39, 0.29) is 11.8 Å². The van der Waals surface area contributed by atoms with Crippen LogP contribution in [0.25, 0.3) is 0 Å². The first-order chi connectivity index (χ1) is 8.50. The lowest BCUT2D eigenvalue weighted by molar-refractivity contribution is -0.139. The molecule has 0 radical (unpaired) electrons. The van der Waals surface area contributed by atoms with Gasteiger partial charge in [-0.1, -0.05) is 46.6 Å². The van der Waals surface area contributed by atoms with E-state index in [0.717, 1.165) is 0 Å². The molecule has 104 valence electrons. The highest BCUT2D eigenvalue weighted by atomic mass is 16.1. The third-order valence-electron chi connectivity index (χ3n) is 4.89. The van der Waals surface area contributed by atoms with Crippen LogP contribution in [0, 0.1) is 23.2 Å². The van der Waals surface area contributed by atoms with E-state index in [4.69, 9.17) is 0 Å². The van der Waals surface area contributed by atoms with Crippen LogP contribution in [0.15, 0.2) is 12.3 Å². The summed E-state index contributed by atoms with van der Waals surface area (Å²) >= 11 is 0. The van der Waals surface area contributed by atoms with Crippen LogP contribution in [-0.4, -0.2) is 5.91 Å². The Balaban J connectivity index is 2.74. The minimum absolute atomic E-state index is 0.206. The third-order valence-corrected chi connectivity index (χ3v) is 4.89. The van der Waals surface area contributed by atoms with Gasteiger partial charge < -0.3 is 5.32 Å². The topological polar surface area (TPSA) is 29.1 Å². The zero-order chi connectivity index (χ0) is 13.8. The number of allylic oxidation sites excluding steroid dienone is 1. The summed E-state index contributed by atoms with van der Waals surface area (Å²) in [6.45, 7) is 11.0. The van der Waals surface area contributed by atoms with E-state index in [1.165, 1.54) is 25.7 Å². The van der Waals surface area contributed by atoms with E-state index in [0.29, 0.717) is 17.3 Å². The fourth-order valence-electron chi connectivity index (χ4n) is 3.51. The molecule has 0 aromatic rings. The van der Waals surface area contributed by atoms with Crippen LogP contribution in [-0.2, 0) is 4.79 Å². The Morgan fingerprint density at radius 3 is 2.56 bits per heavy atom. The number of nitrogens with one attached hydrogen (secondary N) is 1. The summed E-state index contributed by atoms with van der Waals surface area (Å²) in [6, 6.07) is 0. The van der Waals surface area contributed by atoms with E-state index in [1.807, 2.05) is 13.0 Å². The maximum atomic E-state index is 12.2. The summed E-state index contributed by atoms with van der Waals surface area (Å²) in [5.74, 6) is 1.51. The van der Waals surface area contributed by atoms with Crippen LogP contribution < -0.4 is 5.32 Å². The molecule has 0 aromatic carbocycles. The molecule has 18 heavy (non-hydrogen) atoms. The summed E-state index contributed by atoms with van der Waals surface area (Å²) < 4.78 is 0. The van der Waals surface area contributed by atoms with Crippen molar-refractivity contribution in [3.05, 3.63) is 12.3 Å². The molecule has 2 nitrogen and oxygen atoms in total. The Morgan fingerprint density at radius 2 is 2.11 bits per heavy atom. The molecule has 1 aliphatic rings. The normalized spacial score (nSPS) is 30.8. The SMILES string of the molecule is C/C=C\NC(=O)C1C(C)CC1C(C)(CC)CCC. The first kappa shape index (κ1) is 15.3. The number of rotatable bonds is 6. The van der Waals surface area contributed by atoms with Crippen molar-refractivity contribution < 1.29 is 4.79 Å². The number of hydrogen-bond donors (Lipinski definition) is 1. The van der Waals surface area contributed by atoms with E-state index < -0.39 is 0 Å². The van der Waals surface area contributed by atoms with Crippen LogP contribution in [0.5, 0.6) is 0 Å². The van der Waals surface area contributed by atoms with E-state index in [9.17, 15) is 4.79 Å². The molecule has 2 heteroatoms. The van der Waals surface area contributed by atoms with Gasteiger partial charge in [-0.15, -0.1) is 0 Å². The monoisotopic (exact) mass is 251 g/mol. The highest BCUT2D eigenvalue weighted by Gasteiger charge is 2.50. The van der Waals surface area contributed by atoms with Crippen LogP contribution in [0.2, 0.25) is 0 Å². The minimum Gasteiger partial charge on any atom is -0.333 e. The number of carbonyl (C=O) groups excluding carboxylic acids is 1. The average molecular weight is 251 g/mol. The second-order valence-corrected chi connectivity index (χ2v) is 6.11. The van der Waals surface area contributed by atoms with Crippen molar-refractivity contribution in [1.29, 1.82) is 0 Å². The Morgan fingerprint density at radius 1 is 1.44 bits per heavy atom. The Hall–Kier alpha value is -0.790. The molecule has 1 fully saturated rings. The minimum atomic E-state index is 0.206. The van der Waals surface area contributed by atoms with Gasteiger partial charge in [0, 0.05) is 5.92 Å². The molecule has 0 bridgehead atoms. The highest BCUT2D eigenvalue weighted by Crippen LogP contribution is 2.53. The fraction of sp³-hybridized carbons (Fsp3) is 0.812. The summed E-state index contributed by atoms with van der Waals surface area (Å²) in [7, 11) is 0. The van der Waals surface area contributed by atoms with Crippen LogP contribution in [0.1, 0.15) is 60.3 Å². The second-order valence-electron chi connectivity index (χ2n) is 6.11. The number of amides is 1. The molecule has 1 amide bonds. The van der Waals surface area contributed by atoms with Gasteiger partial charge in [0.05, 0.1) is 0 Å². The van der Waals surface area contributed by atoms with Crippen molar-refractivity contribution in [3.8, 4) is 0 Å². The van der Waals surface area contributed by atoms with Gasteiger partial charge in [-0.2, -0.15) is 0 Å². The summed E-state index contributed by atoms with van der Waals surface area (Å²) in [5, 5.41) is 2.91. The molecule has 0 aromatic heterocycles. The molecular weight excluding hydrogens is 222 g/mol. The second kappa shape index (κ2) is 6.40.